The van der Waals surface area contributed by atoms with Crippen LogP contribution in [0.3, 0.4) is 0 Å². The average molecular weight is 1050 g/mol. The van der Waals surface area contributed by atoms with E-state index in [1.165, 1.54) is 9.80 Å². The maximum absolute atomic E-state index is 14.2. The molecule has 4 aliphatic rings. The summed E-state index contributed by atoms with van der Waals surface area (Å²) in [6.07, 6.45) is 4.83. The number of nitrogens with zero attached hydrogens (tertiary/aromatic N) is 6. The molecule has 0 atom stereocenters. The second-order valence-corrected chi connectivity index (χ2v) is 19.6. The number of likely N-dealkylation sites (tertiary alicyclic amines) is 2. The van der Waals surface area contributed by atoms with Crippen LogP contribution >= 0.6 is 0 Å². The molecule has 0 spiro atoms. The third-order valence-electron chi connectivity index (χ3n) is 13.7. The van der Waals surface area contributed by atoms with Gasteiger partial charge in [0, 0.05) is 72.7 Å². The third kappa shape index (κ3) is 13.2. The lowest BCUT2D eigenvalue weighted by Gasteiger charge is -2.22. The predicted octanol–water partition coefficient (Wildman–Crippen LogP) is 7.75. The molecule has 8 amide bonds. The quantitative estimate of drug-likeness (QED) is 0.111. The second-order valence-electron chi connectivity index (χ2n) is 19.6. The fourth-order valence-corrected chi connectivity index (χ4v) is 10.0. The van der Waals surface area contributed by atoms with Gasteiger partial charge in [-0.15, -0.1) is 0 Å². The van der Waals surface area contributed by atoms with Crippen molar-refractivity contribution in [2.24, 2.45) is 21.5 Å². The van der Waals surface area contributed by atoms with Crippen molar-refractivity contribution < 1.29 is 47.8 Å². The predicted molar refractivity (Wildman–Crippen MR) is 291 cm³/mol. The van der Waals surface area contributed by atoms with Gasteiger partial charge in [0.25, 0.3) is 23.6 Å². The number of fused-ring (bicyclic) bond motifs is 2. The van der Waals surface area contributed by atoms with Crippen LogP contribution in [0.5, 0.6) is 0 Å². The highest BCUT2D eigenvalue weighted by Gasteiger charge is 2.29. The van der Waals surface area contributed by atoms with E-state index in [9.17, 15) is 38.4 Å². The molecule has 5 N–H and O–H groups in total. The summed E-state index contributed by atoms with van der Waals surface area (Å²) in [5.41, 5.74) is 19.0. The summed E-state index contributed by atoms with van der Waals surface area (Å²) in [5, 5.41) is 2.03. The number of nitrogens with one attached hydrogen (secondary N) is 1. The lowest BCUT2D eigenvalue weighted by molar-refractivity contribution is -0.132. The largest absolute Gasteiger partial charge is 0.423 e. The Kier molecular flexibility index (Phi) is 17.2. The Labute approximate surface area is 446 Å². The first-order valence-electron chi connectivity index (χ1n) is 26.0. The number of rotatable bonds is 14. The Morgan fingerprint density at radius 3 is 1.30 bits per heavy atom. The van der Waals surface area contributed by atoms with Gasteiger partial charge in [-0.2, -0.15) is 0 Å². The number of benzene rings is 4. The molecule has 8 rings (SSSR count). The van der Waals surface area contributed by atoms with Crippen molar-refractivity contribution in [3.05, 3.63) is 117 Å². The molecule has 0 aromatic heterocycles. The maximum atomic E-state index is 14.2. The number of hydrogen-bond acceptors (Lipinski definition) is 12. The van der Waals surface area contributed by atoms with E-state index >= 15 is 0 Å². The number of amides is 8. The topological polar surface area (TPSA) is 257 Å². The summed E-state index contributed by atoms with van der Waals surface area (Å²) < 4.78 is 11.3. The van der Waals surface area contributed by atoms with Crippen LogP contribution in [0.15, 0.2) is 93.9 Å². The van der Waals surface area contributed by atoms with Crippen LogP contribution in [0.2, 0.25) is 0 Å². The maximum Gasteiger partial charge on any atom is 0.423 e. The Bertz CT molecular complexity index is 2970. The van der Waals surface area contributed by atoms with Gasteiger partial charge < -0.3 is 40.5 Å². The summed E-state index contributed by atoms with van der Waals surface area (Å²) >= 11 is 0. The smallest absolute Gasteiger partial charge is 0.395 e. The number of aryl methyl sites for hydroxylation is 2. The van der Waals surface area contributed by atoms with Crippen LogP contribution in [0.25, 0.3) is 34.4 Å². The van der Waals surface area contributed by atoms with Crippen molar-refractivity contribution >= 4 is 83.0 Å². The molecule has 0 radical (unpaired) electrons. The fourth-order valence-electron chi connectivity index (χ4n) is 10.0. The number of carbonyl (C=O) groups excluding carboxylic acids is 8. The van der Waals surface area contributed by atoms with Crippen molar-refractivity contribution in [2.45, 2.75) is 79.1 Å². The van der Waals surface area contributed by atoms with Gasteiger partial charge in [0.1, 0.15) is 0 Å². The SMILES string of the molecule is CCCN(CC(N)=O)C(=O)C1=Cc2cc(-c3ccc(C(=O)N4CCCC4)cc3C)ccc2N=C(OC(=O)NC(=O)OC2=Nc3ccc(-c4ccc(C(=O)N5CCCC5)cc4C)cc3C=C(C(=O)N(CCC)CC(N)=O)C2)C1. The normalized spacial score (nSPS) is 14.8. The fraction of sp³-hybridized carbons (Fsp3) is 0.345. The molecule has 4 aromatic rings. The van der Waals surface area contributed by atoms with Gasteiger partial charge in [0.2, 0.25) is 23.6 Å². The zero-order chi connectivity index (χ0) is 54.9. The molecule has 4 aromatic carbocycles. The molecule has 77 heavy (non-hydrogen) atoms. The minimum absolute atomic E-state index is 0.0207. The highest BCUT2D eigenvalue weighted by atomic mass is 16.6. The highest BCUT2D eigenvalue weighted by molar-refractivity contribution is 6.10. The van der Waals surface area contributed by atoms with E-state index in [0.717, 1.165) is 85.2 Å². The van der Waals surface area contributed by atoms with Gasteiger partial charge in [0.05, 0.1) is 37.3 Å². The van der Waals surface area contributed by atoms with Gasteiger partial charge in [-0.1, -0.05) is 38.1 Å². The molecule has 400 valence electrons. The molecule has 0 saturated carbocycles. The molecule has 2 fully saturated rings. The highest BCUT2D eigenvalue weighted by Crippen LogP contribution is 2.36. The molecular formula is C58H63N9O10. The molecule has 0 aliphatic carbocycles. The Balaban J connectivity index is 1.05. The summed E-state index contributed by atoms with van der Waals surface area (Å²) in [6, 6.07) is 21.7. The van der Waals surface area contributed by atoms with Crippen LogP contribution < -0.4 is 16.8 Å². The number of aliphatic imine (C=N–C) groups is 2. The molecule has 2 saturated heterocycles. The van der Waals surface area contributed by atoms with Crippen LogP contribution in [-0.4, -0.2) is 131 Å². The van der Waals surface area contributed by atoms with Crippen molar-refractivity contribution in [3.8, 4) is 22.3 Å². The first kappa shape index (κ1) is 54.5. The number of nitrogens with two attached hydrogens (primary N) is 2. The lowest BCUT2D eigenvalue weighted by Crippen LogP contribution is -2.40. The molecule has 0 unspecified atom stereocenters. The van der Waals surface area contributed by atoms with Gasteiger partial charge >= 0.3 is 12.2 Å². The summed E-state index contributed by atoms with van der Waals surface area (Å²) in [5.74, 6) is -3.12. The van der Waals surface area contributed by atoms with Gasteiger partial charge in [-0.3, -0.25) is 28.8 Å². The first-order valence-corrected chi connectivity index (χ1v) is 26.0. The van der Waals surface area contributed by atoms with Crippen molar-refractivity contribution in [3.63, 3.8) is 0 Å². The lowest BCUT2D eigenvalue weighted by atomic mass is 9.95. The molecule has 0 bridgehead atoms. The number of alkyl carbamates (subject to hydrolysis) is 2. The van der Waals surface area contributed by atoms with E-state index in [2.05, 4.69) is 9.98 Å². The zero-order valence-electron chi connectivity index (χ0n) is 43.8. The number of ether oxygens (including phenoxy) is 2. The number of imide groups is 1. The summed E-state index contributed by atoms with van der Waals surface area (Å²) in [7, 11) is 0. The third-order valence-corrected chi connectivity index (χ3v) is 13.7. The van der Waals surface area contributed by atoms with Crippen LogP contribution in [0.4, 0.5) is 21.0 Å². The first-order chi connectivity index (χ1) is 37.0. The van der Waals surface area contributed by atoms with E-state index in [1.54, 1.807) is 36.4 Å². The van der Waals surface area contributed by atoms with Crippen LogP contribution in [-0.2, 0) is 28.7 Å². The van der Waals surface area contributed by atoms with Gasteiger partial charge in [-0.05, 0) is 146 Å². The Hall–Kier alpha value is -8.74. The van der Waals surface area contributed by atoms with E-state index < -0.39 is 35.8 Å². The van der Waals surface area contributed by atoms with E-state index in [-0.39, 0.29) is 73.8 Å². The standard InChI is InChI=1S/C58H63N9O10/c1-5-19-66(33-49(59)68)55(72)43-29-41-27-37(45-15-11-39(25-35(45)3)53(70)64-21-7-8-22-64)13-17-47(41)61-51(31-43)76-57(74)63-58(75)77-52-32-44(56(73)67(20-6-2)34-50(60)69)30-42-28-38(14-18-48(42)62-52)46-16-12-40(26-36(46)4)54(71)65-23-9-10-24-65/h11-18,25-30H,5-10,19-24,31-34H2,1-4H3,(H2,59,68)(H2,60,69)(H,63,74,75). The van der Waals surface area contributed by atoms with Crippen molar-refractivity contribution in [1.82, 2.24) is 24.9 Å². The van der Waals surface area contributed by atoms with Crippen LogP contribution in [0, 0.1) is 13.8 Å². The van der Waals surface area contributed by atoms with Gasteiger partial charge in [-0.25, -0.2) is 24.9 Å². The van der Waals surface area contributed by atoms with E-state index in [4.69, 9.17) is 20.9 Å². The Morgan fingerprint density at radius 1 is 0.558 bits per heavy atom. The van der Waals surface area contributed by atoms with Crippen molar-refractivity contribution in [2.75, 3.05) is 52.4 Å². The monoisotopic (exact) mass is 1050 g/mol. The molecular weight excluding hydrogens is 983 g/mol. The molecule has 19 heteroatoms. The minimum Gasteiger partial charge on any atom is -0.395 e. The van der Waals surface area contributed by atoms with Crippen molar-refractivity contribution in [1.29, 1.82) is 0 Å². The van der Waals surface area contributed by atoms with Gasteiger partial charge in [0.15, 0.2) is 0 Å². The molecule has 4 aliphatic heterocycles. The average Bonchev–Trinajstić information content (AvgIpc) is 4.09. The Morgan fingerprint density at radius 2 is 0.948 bits per heavy atom. The number of primary amides is 2. The minimum atomic E-state index is -1.31. The summed E-state index contributed by atoms with van der Waals surface area (Å²) in [6.45, 7) is 10.1. The number of hydrogen-bond donors (Lipinski definition) is 3. The van der Waals surface area contributed by atoms with E-state index in [1.807, 2.05) is 91.3 Å². The zero-order valence-corrected chi connectivity index (χ0v) is 43.8. The van der Waals surface area contributed by atoms with E-state index in [0.29, 0.717) is 46.5 Å². The van der Waals surface area contributed by atoms with Crippen LogP contribution in [0.1, 0.15) is 108 Å². The second kappa shape index (κ2) is 24.3. The molecule has 19 nitrogen and oxygen atoms in total. The number of carbonyl (C=O) groups is 8. The summed E-state index contributed by atoms with van der Waals surface area (Å²) in [4.78, 5) is 122. The molecule has 4 heterocycles.